The molecular weight excluding hydrogens is 267 g/mol. The number of hydrogen-bond acceptors (Lipinski definition) is 2. The molecule has 1 saturated heterocycles. The lowest BCUT2D eigenvalue weighted by molar-refractivity contribution is 0.280. The maximum Gasteiger partial charge on any atom is 0.285 e. The van der Waals surface area contributed by atoms with Gasteiger partial charge < -0.3 is 4.81 Å². The van der Waals surface area contributed by atoms with Crippen LogP contribution >= 0.6 is 0 Å². The molecule has 0 amide bonds. The zero-order chi connectivity index (χ0) is 16.3. The van der Waals surface area contributed by atoms with Gasteiger partial charge in [-0.15, -0.1) is 13.2 Å². The summed E-state index contributed by atoms with van der Waals surface area (Å²) in [7, 11) is 0. The monoisotopic (exact) mass is 296 g/mol. The topological polar surface area (TPSA) is 6.48 Å². The zero-order valence-electron chi connectivity index (χ0n) is 14.5. The van der Waals surface area contributed by atoms with E-state index in [0.717, 1.165) is 19.6 Å². The molecule has 0 spiro atoms. The SMILES string of the molecule is C=C1CN(Cc2ccccc2)CC(=C)B1N(C(C)C)C(C)C. The molecule has 0 atom stereocenters. The Morgan fingerprint density at radius 2 is 1.50 bits per heavy atom. The molecule has 22 heavy (non-hydrogen) atoms. The van der Waals surface area contributed by atoms with Crippen molar-refractivity contribution in [2.24, 2.45) is 0 Å². The normalized spacial score (nSPS) is 17.1. The first kappa shape index (κ1) is 17.0. The van der Waals surface area contributed by atoms with Gasteiger partial charge in [-0.3, -0.25) is 4.90 Å². The van der Waals surface area contributed by atoms with Crippen LogP contribution in [-0.2, 0) is 6.54 Å². The largest absolute Gasteiger partial charge is 0.330 e. The predicted octanol–water partition coefficient (Wildman–Crippen LogP) is 3.80. The first-order valence-electron chi connectivity index (χ1n) is 8.29. The molecule has 3 heteroatoms. The van der Waals surface area contributed by atoms with Crippen LogP contribution in [0.25, 0.3) is 0 Å². The van der Waals surface area contributed by atoms with Gasteiger partial charge in [0, 0.05) is 19.6 Å². The lowest BCUT2D eigenvalue weighted by atomic mass is 9.46. The zero-order valence-corrected chi connectivity index (χ0v) is 14.5. The summed E-state index contributed by atoms with van der Waals surface area (Å²) >= 11 is 0. The van der Waals surface area contributed by atoms with E-state index < -0.39 is 0 Å². The van der Waals surface area contributed by atoms with Crippen molar-refractivity contribution in [2.45, 2.75) is 46.3 Å². The van der Waals surface area contributed by atoms with Crippen molar-refractivity contribution in [2.75, 3.05) is 13.1 Å². The minimum atomic E-state index is 0.312. The van der Waals surface area contributed by atoms with Gasteiger partial charge in [-0.2, -0.15) is 0 Å². The maximum absolute atomic E-state index is 4.38. The summed E-state index contributed by atoms with van der Waals surface area (Å²) in [5.41, 5.74) is 3.90. The first-order chi connectivity index (χ1) is 10.4. The van der Waals surface area contributed by atoms with Crippen molar-refractivity contribution in [1.29, 1.82) is 0 Å². The Balaban J connectivity index is 2.09. The van der Waals surface area contributed by atoms with E-state index in [2.05, 4.69) is 80.9 Å². The molecule has 0 saturated carbocycles. The van der Waals surface area contributed by atoms with Crippen LogP contribution < -0.4 is 0 Å². The summed E-state index contributed by atoms with van der Waals surface area (Å²) in [6.45, 7) is 21.0. The van der Waals surface area contributed by atoms with E-state index in [0.29, 0.717) is 18.9 Å². The van der Waals surface area contributed by atoms with Crippen molar-refractivity contribution in [3.8, 4) is 0 Å². The molecule has 0 aromatic heterocycles. The Hall–Kier alpha value is -1.32. The third-order valence-corrected chi connectivity index (χ3v) is 4.37. The Kier molecular flexibility index (Phi) is 5.66. The van der Waals surface area contributed by atoms with E-state index in [1.54, 1.807) is 0 Å². The molecule has 1 heterocycles. The molecule has 0 unspecified atom stereocenters. The fourth-order valence-corrected chi connectivity index (χ4v) is 3.66. The number of nitrogens with zero attached hydrogens (tertiary/aromatic N) is 2. The third-order valence-electron chi connectivity index (χ3n) is 4.37. The van der Waals surface area contributed by atoms with Crippen LogP contribution in [-0.4, -0.2) is 41.7 Å². The fraction of sp³-hybridized carbons (Fsp3) is 0.474. The second-order valence-electron chi connectivity index (χ2n) is 6.98. The summed E-state index contributed by atoms with van der Waals surface area (Å²) in [6, 6.07) is 11.6. The van der Waals surface area contributed by atoms with Crippen LogP contribution in [0.2, 0.25) is 0 Å². The van der Waals surface area contributed by atoms with Gasteiger partial charge >= 0.3 is 0 Å². The van der Waals surface area contributed by atoms with Crippen LogP contribution in [0.15, 0.2) is 54.4 Å². The molecule has 118 valence electrons. The summed E-state index contributed by atoms with van der Waals surface area (Å²) in [5.74, 6) is 0. The van der Waals surface area contributed by atoms with Crippen LogP contribution in [0, 0.1) is 0 Å². The van der Waals surface area contributed by atoms with Crippen LogP contribution in [0.4, 0.5) is 0 Å². The van der Waals surface area contributed by atoms with E-state index in [1.165, 1.54) is 16.5 Å². The van der Waals surface area contributed by atoms with Crippen LogP contribution in [0.3, 0.4) is 0 Å². The highest BCUT2D eigenvalue weighted by molar-refractivity contribution is 6.71. The quantitative estimate of drug-likeness (QED) is 0.763. The maximum atomic E-state index is 4.38. The van der Waals surface area contributed by atoms with Crippen molar-refractivity contribution in [3.05, 3.63) is 60.0 Å². The highest BCUT2D eigenvalue weighted by Gasteiger charge is 2.36. The summed E-state index contributed by atoms with van der Waals surface area (Å²) in [4.78, 5) is 4.97. The van der Waals surface area contributed by atoms with Gasteiger partial charge in [-0.1, -0.05) is 69.0 Å². The van der Waals surface area contributed by atoms with Gasteiger partial charge in [0.25, 0.3) is 6.85 Å². The van der Waals surface area contributed by atoms with E-state index >= 15 is 0 Å². The molecule has 2 rings (SSSR count). The van der Waals surface area contributed by atoms with Gasteiger partial charge in [0.2, 0.25) is 0 Å². The van der Waals surface area contributed by atoms with Crippen LogP contribution in [0.1, 0.15) is 33.3 Å². The van der Waals surface area contributed by atoms with Crippen molar-refractivity contribution in [1.82, 2.24) is 9.71 Å². The number of benzene rings is 1. The molecule has 1 aromatic rings. The molecule has 0 aliphatic carbocycles. The Morgan fingerprint density at radius 3 is 1.95 bits per heavy atom. The smallest absolute Gasteiger partial charge is 0.285 e. The lowest BCUT2D eigenvalue weighted by Gasteiger charge is -2.43. The summed E-state index contributed by atoms with van der Waals surface area (Å²) < 4.78 is 0. The van der Waals surface area contributed by atoms with Gasteiger partial charge in [0.1, 0.15) is 0 Å². The minimum Gasteiger partial charge on any atom is -0.330 e. The highest BCUT2D eigenvalue weighted by Crippen LogP contribution is 2.25. The molecule has 1 aliphatic rings. The second kappa shape index (κ2) is 7.30. The van der Waals surface area contributed by atoms with Gasteiger partial charge in [-0.25, -0.2) is 0 Å². The summed E-state index contributed by atoms with van der Waals surface area (Å²) in [6.07, 6.45) is 0. The molecular formula is C19H29BN2. The van der Waals surface area contributed by atoms with Crippen molar-refractivity contribution in [3.63, 3.8) is 0 Å². The van der Waals surface area contributed by atoms with E-state index in [-0.39, 0.29) is 0 Å². The lowest BCUT2D eigenvalue weighted by Crippen LogP contribution is -2.56. The standard InChI is InChI=1S/C19H29BN2/c1-15(2)22(16(3)4)20-17(5)12-21(13-18(20)6)14-19-10-8-7-9-11-19/h7-11,15-16H,5-6,12-14H2,1-4H3. The minimum absolute atomic E-state index is 0.312. The Morgan fingerprint density at radius 1 is 1.00 bits per heavy atom. The van der Waals surface area contributed by atoms with E-state index in [4.69, 9.17) is 0 Å². The van der Waals surface area contributed by atoms with Gasteiger partial charge in [-0.05, 0) is 17.6 Å². The van der Waals surface area contributed by atoms with Crippen molar-refractivity contribution < 1.29 is 0 Å². The van der Waals surface area contributed by atoms with Gasteiger partial charge in [0.05, 0.1) is 0 Å². The predicted molar refractivity (Wildman–Crippen MR) is 97.9 cm³/mol. The molecule has 0 bridgehead atoms. The average Bonchev–Trinajstić information content (AvgIpc) is 2.43. The Bertz CT molecular complexity index is 495. The second-order valence-corrected chi connectivity index (χ2v) is 6.98. The van der Waals surface area contributed by atoms with E-state index in [1.807, 2.05) is 0 Å². The number of rotatable bonds is 5. The number of hydrogen-bond donors (Lipinski definition) is 0. The van der Waals surface area contributed by atoms with Gasteiger partial charge in [0.15, 0.2) is 0 Å². The average molecular weight is 296 g/mol. The van der Waals surface area contributed by atoms with E-state index in [9.17, 15) is 0 Å². The van der Waals surface area contributed by atoms with Crippen LogP contribution in [0.5, 0.6) is 0 Å². The molecule has 1 fully saturated rings. The fourth-order valence-electron chi connectivity index (χ4n) is 3.66. The third kappa shape index (κ3) is 3.90. The first-order valence-corrected chi connectivity index (χ1v) is 8.29. The molecule has 0 N–H and O–H groups in total. The molecule has 1 aliphatic heterocycles. The summed E-state index contributed by atoms with van der Waals surface area (Å²) in [5, 5.41) is 0. The highest BCUT2D eigenvalue weighted by atomic mass is 15.2. The Labute approximate surface area is 136 Å². The molecule has 0 radical (unpaired) electrons. The molecule has 2 nitrogen and oxygen atoms in total. The molecule has 1 aromatic carbocycles. The van der Waals surface area contributed by atoms with Crippen molar-refractivity contribution >= 4 is 6.85 Å².